The molecule has 0 aliphatic carbocycles. The third kappa shape index (κ3) is 1.04. The molecule has 2 rings (SSSR count). The average molecular weight is 180 g/mol. The fourth-order valence-corrected chi connectivity index (χ4v) is 1.51. The van der Waals surface area contributed by atoms with Crippen molar-refractivity contribution in [2.24, 2.45) is 0 Å². The Balaban J connectivity index is 2.68. The second kappa shape index (κ2) is 2.53. The van der Waals surface area contributed by atoms with Gasteiger partial charge >= 0.3 is 5.97 Å². The Morgan fingerprint density at radius 2 is 2.33 bits per heavy atom. The van der Waals surface area contributed by atoms with E-state index in [2.05, 4.69) is 9.97 Å². The molecule has 0 aliphatic heterocycles. The number of carboxylic acids is 1. The zero-order valence-corrected chi connectivity index (χ0v) is 6.71. The van der Waals surface area contributed by atoms with Crippen LogP contribution in [0.1, 0.15) is 10.5 Å². The Kier molecular flexibility index (Phi) is 1.51. The predicted molar refractivity (Wildman–Crippen MR) is 44.4 cm³/mol. The van der Waals surface area contributed by atoms with Crippen LogP contribution in [0, 0.1) is 0 Å². The van der Waals surface area contributed by atoms with Crippen molar-refractivity contribution in [3.63, 3.8) is 0 Å². The molecule has 0 bridgehead atoms. The lowest BCUT2D eigenvalue weighted by Crippen LogP contribution is -1.98. The molecule has 1 N–H and O–H groups in total. The standard InChI is InChI=1S/C7H4N2O2S/c10-7(11)5-1-4-6(2-8-5)12-3-9-4/h1-3H,(H,10,11). The molecule has 2 heterocycles. The van der Waals surface area contributed by atoms with Crippen molar-refractivity contribution in [2.45, 2.75) is 0 Å². The van der Waals surface area contributed by atoms with Crippen molar-refractivity contribution in [2.75, 3.05) is 0 Å². The second-order valence-corrected chi connectivity index (χ2v) is 3.08. The lowest BCUT2D eigenvalue weighted by Gasteiger charge is -1.90. The van der Waals surface area contributed by atoms with Gasteiger partial charge in [-0.25, -0.2) is 14.8 Å². The highest BCUT2D eigenvalue weighted by molar-refractivity contribution is 7.16. The molecule has 0 unspecified atom stereocenters. The van der Waals surface area contributed by atoms with E-state index in [1.807, 2.05) is 0 Å². The van der Waals surface area contributed by atoms with Crippen molar-refractivity contribution in [3.05, 3.63) is 23.5 Å². The summed E-state index contributed by atoms with van der Waals surface area (Å²) in [5.41, 5.74) is 2.39. The molecule has 0 amide bonds. The highest BCUT2D eigenvalue weighted by Gasteiger charge is 2.05. The molecule has 0 spiro atoms. The maximum Gasteiger partial charge on any atom is 0.354 e. The Morgan fingerprint density at radius 3 is 3.08 bits per heavy atom. The summed E-state index contributed by atoms with van der Waals surface area (Å²) in [7, 11) is 0. The van der Waals surface area contributed by atoms with Gasteiger partial charge in [0.2, 0.25) is 0 Å². The quantitative estimate of drug-likeness (QED) is 0.720. The fraction of sp³-hybridized carbons (Fsp3) is 0. The Labute approximate surface area is 71.5 Å². The SMILES string of the molecule is O=C(O)c1cc2ncsc2cn1. The van der Waals surface area contributed by atoms with Gasteiger partial charge in [0.25, 0.3) is 0 Å². The zero-order valence-electron chi connectivity index (χ0n) is 5.89. The highest BCUT2D eigenvalue weighted by atomic mass is 32.1. The van der Waals surface area contributed by atoms with E-state index in [4.69, 9.17) is 5.11 Å². The summed E-state index contributed by atoms with van der Waals surface area (Å²) < 4.78 is 0.903. The Bertz CT molecular complexity index is 438. The van der Waals surface area contributed by atoms with Crippen LogP contribution >= 0.6 is 11.3 Å². The van der Waals surface area contributed by atoms with Gasteiger partial charge in [0.05, 0.1) is 15.7 Å². The highest BCUT2D eigenvalue weighted by Crippen LogP contribution is 2.16. The fourth-order valence-electron chi connectivity index (χ4n) is 0.881. The van der Waals surface area contributed by atoms with Crippen LogP contribution in [0.3, 0.4) is 0 Å². The summed E-state index contributed by atoms with van der Waals surface area (Å²) >= 11 is 1.44. The topological polar surface area (TPSA) is 63.1 Å². The second-order valence-electron chi connectivity index (χ2n) is 2.19. The molecule has 2 aromatic rings. The number of carboxylic acid groups (broad SMARTS) is 1. The number of carbonyl (C=O) groups is 1. The molecule has 60 valence electrons. The summed E-state index contributed by atoms with van der Waals surface area (Å²) in [5, 5.41) is 8.59. The minimum absolute atomic E-state index is 0.0356. The molecule has 0 fully saturated rings. The number of fused-ring (bicyclic) bond motifs is 1. The molecular formula is C7H4N2O2S. The first-order valence-electron chi connectivity index (χ1n) is 3.20. The Hall–Kier alpha value is -1.49. The lowest BCUT2D eigenvalue weighted by atomic mass is 10.3. The van der Waals surface area contributed by atoms with Crippen LogP contribution in [0.15, 0.2) is 17.8 Å². The molecule has 0 atom stereocenters. The number of nitrogens with zero attached hydrogens (tertiary/aromatic N) is 2. The summed E-state index contributed by atoms with van der Waals surface area (Å²) in [6.07, 6.45) is 1.52. The van der Waals surface area contributed by atoms with Crippen LogP contribution < -0.4 is 0 Å². The predicted octanol–water partition coefficient (Wildman–Crippen LogP) is 1.39. The normalized spacial score (nSPS) is 10.3. The van der Waals surface area contributed by atoms with Crippen molar-refractivity contribution in [1.29, 1.82) is 0 Å². The minimum Gasteiger partial charge on any atom is -0.477 e. The van der Waals surface area contributed by atoms with Crippen LogP contribution in [0.4, 0.5) is 0 Å². The van der Waals surface area contributed by atoms with Crippen molar-refractivity contribution in [3.8, 4) is 0 Å². The van der Waals surface area contributed by atoms with Gasteiger partial charge in [-0.3, -0.25) is 0 Å². The zero-order chi connectivity index (χ0) is 8.55. The molecule has 0 aliphatic rings. The smallest absolute Gasteiger partial charge is 0.354 e. The van der Waals surface area contributed by atoms with E-state index in [0.717, 1.165) is 4.70 Å². The van der Waals surface area contributed by atoms with E-state index in [-0.39, 0.29) is 5.69 Å². The monoisotopic (exact) mass is 180 g/mol. The molecule has 0 aromatic carbocycles. The van der Waals surface area contributed by atoms with Crippen LogP contribution in [0.25, 0.3) is 10.2 Å². The summed E-state index contributed by atoms with van der Waals surface area (Å²) in [5.74, 6) is -1.02. The number of thiazole rings is 1. The first-order valence-corrected chi connectivity index (χ1v) is 4.08. The van der Waals surface area contributed by atoms with Gasteiger partial charge in [-0.1, -0.05) is 0 Å². The maximum absolute atomic E-state index is 10.5. The van der Waals surface area contributed by atoms with E-state index in [1.54, 1.807) is 5.51 Å². The number of aromatic nitrogens is 2. The van der Waals surface area contributed by atoms with E-state index in [1.165, 1.54) is 23.6 Å². The molecule has 12 heavy (non-hydrogen) atoms. The van der Waals surface area contributed by atoms with Crippen LogP contribution in [0.2, 0.25) is 0 Å². The third-order valence-corrected chi connectivity index (χ3v) is 2.22. The van der Waals surface area contributed by atoms with E-state index in [9.17, 15) is 4.79 Å². The van der Waals surface area contributed by atoms with E-state index < -0.39 is 5.97 Å². The molecule has 2 aromatic heterocycles. The van der Waals surface area contributed by atoms with Crippen LogP contribution in [-0.4, -0.2) is 21.0 Å². The summed E-state index contributed by atoms with van der Waals surface area (Å²) in [4.78, 5) is 18.2. The average Bonchev–Trinajstić information content (AvgIpc) is 2.49. The summed E-state index contributed by atoms with van der Waals surface area (Å²) in [6, 6.07) is 1.47. The van der Waals surface area contributed by atoms with Gasteiger partial charge in [0.15, 0.2) is 0 Å². The number of hydrogen-bond acceptors (Lipinski definition) is 4. The largest absolute Gasteiger partial charge is 0.477 e. The number of aromatic carboxylic acids is 1. The van der Waals surface area contributed by atoms with Crippen LogP contribution in [0.5, 0.6) is 0 Å². The van der Waals surface area contributed by atoms with Gasteiger partial charge in [-0.15, -0.1) is 11.3 Å². The van der Waals surface area contributed by atoms with Gasteiger partial charge < -0.3 is 5.11 Å². The number of rotatable bonds is 1. The van der Waals surface area contributed by atoms with E-state index in [0.29, 0.717) is 5.52 Å². The lowest BCUT2D eigenvalue weighted by molar-refractivity contribution is 0.0690. The van der Waals surface area contributed by atoms with Crippen LogP contribution in [-0.2, 0) is 0 Å². The molecule has 5 heteroatoms. The molecule has 0 radical (unpaired) electrons. The van der Waals surface area contributed by atoms with Gasteiger partial charge in [0, 0.05) is 6.20 Å². The van der Waals surface area contributed by atoms with E-state index >= 15 is 0 Å². The number of hydrogen-bond donors (Lipinski definition) is 1. The molecule has 0 saturated carbocycles. The third-order valence-electron chi connectivity index (χ3n) is 1.44. The van der Waals surface area contributed by atoms with Gasteiger partial charge in [-0.05, 0) is 6.07 Å². The van der Waals surface area contributed by atoms with Crippen molar-refractivity contribution in [1.82, 2.24) is 9.97 Å². The van der Waals surface area contributed by atoms with Crippen molar-refractivity contribution >= 4 is 27.5 Å². The first-order chi connectivity index (χ1) is 5.77. The molecule has 4 nitrogen and oxygen atoms in total. The maximum atomic E-state index is 10.5. The van der Waals surface area contributed by atoms with Gasteiger partial charge in [0.1, 0.15) is 5.69 Å². The van der Waals surface area contributed by atoms with Crippen molar-refractivity contribution < 1.29 is 9.90 Å². The molecule has 0 saturated heterocycles. The first kappa shape index (κ1) is 7.17. The summed E-state index contributed by atoms with van der Waals surface area (Å²) in [6.45, 7) is 0. The molecular weight excluding hydrogens is 176 g/mol. The number of pyridine rings is 1. The van der Waals surface area contributed by atoms with Gasteiger partial charge in [-0.2, -0.15) is 0 Å². The minimum atomic E-state index is -1.02. The Morgan fingerprint density at radius 1 is 1.50 bits per heavy atom.